The molecule has 4 nitrogen and oxygen atoms in total. The summed E-state index contributed by atoms with van der Waals surface area (Å²) in [6.45, 7) is 1.64. The van der Waals surface area contributed by atoms with Crippen LogP contribution in [0.25, 0.3) is 11.0 Å². The Balaban J connectivity index is 1.56. The summed E-state index contributed by atoms with van der Waals surface area (Å²) in [6, 6.07) is 7.92. The van der Waals surface area contributed by atoms with Crippen LogP contribution in [0.4, 0.5) is 0 Å². The van der Waals surface area contributed by atoms with Gasteiger partial charge in [0.2, 0.25) is 0 Å². The molecule has 0 fully saturated rings. The molecule has 0 bridgehead atoms. The molecule has 0 aliphatic heterocycles. The van der Waals surface area contributed by atoms with Crippen LogP contribution in [-0.2, 0) is 13.0 Å². The van der Waals surface area contributed by atoms with E-state index in [0.29, 0.717) is 0 Å². The van der Waals surface area contributed by atoms with E-state index in [9.17, 15) is 0 Å². The summed E-state index contributed by atoms with van der Waals surface area (Å²) in [4.78, 5) is 13.2. The van der Waals surface area contributed by atoms with Crippen molar-refractivity contribution >= 4 is 22.4 Å². The number of hydrogen-bond donors (Lipinski definition) is 1. The van der Waals surface area contributed by atoms with Gasteiger partial charge in [0.15, 0.2) is 0 Å². The number of hydrogen-bond acceptors (Lipinski definition) is 5. The van der Waals surface area contributed by atoms with E-state index in [2.05, 4.69) is 20.3 Å². The van der Waals surface area contributed by atoms with Gasteiger partial charge in [0, 0.05) is 31.1 Å². The molecule has 3 rings (SSSR count). The molecule has 5 heteroatoms. The van der Waals surface area contributed by atoms with Gasteiger partial charge in [-0.1, -0.05) is 12.1 Å². The second-order valence-electron chi connectivity index (χ2n) is 4.20. The second-order valence-corrected chi connectivity index (χ2v) is 5.18. The van der Waals surface area contributed by atoms with E-state index in [4.69, 9.17) is 0 Å². The Morgan fingerprint density at radius 2 is 2.00 bits per heavy atom. The zero-order valence-electron chi connectivity index (χ0n) is 10.4. The third-order valence-electron chi connectivity index (χ3n) is 2.80. The van der Waals surface area contributed by atoms with Crippen molar-refractivity contribution < 1.29 is 0 Å². The lowest BCUT2D eigenvalue weighted by atomic mass is 10.3. The van der Waals surface area contributed by atoms with E-state index in [1.807, 2.05) is 42.0 Å². The van der Waals surface area contributed by atoms with Crippen LogP contribution in [0.15, 0.2) is 42.0 Å². The monoisotopic (exact) mass is 270 g/mol. The lowest BCUT2D eigenvalue weighted by molar-refractivity contribution is 0.673. The SMILES string of the molecule is c1ccc2nc(CNCCc3nccs3)cnc2c1. The number of rotatable bonds is 5. The zero-order chi connectivity index (χ0) is 12.9. The number of fused-ring (bicyclic) bond motifs is 1. The van der Waals surface area contributed by atoms with E-state index < -0.39 is 0 Å². The molecular weight excluding hydrogens is 256 g/mol. The summed E-state index contributed by atoms with van der Waals surface area (Å²) >= 11 is 1.69. The summed E-state index contributed by atoms with van der Waals surface area (Å²) in [5.41, 5.74) is 2.86. The molecule has 0 radical (unpaired) electrons. The minimum atomic E-state index is 0.739. The Bertz CT molecular complexity index is 651. The van der Waals surface area contributed by atoms with Crippen molar-refractivity contribution in [1.82, 2.24) is 20.3 Å². The van der Waals surface area contributed by atoms with Gasteiger partial charge in [-0.3, -0.25) is 4.98 Å². The first-order chi connectivity index (χ1) is 9.42. The van der Waals surface area contributed by atoms with Crippen molar-refractivity contribution in [3.8, 4) is 0 Å². The topological polar surface area (TPSA) is 50.7 Å². The molecule has 0 aliphatic rings. The number of nitrogens with one attached hydrogen (secondary N) is 1. The van der Waals surface area contributed by atoms with Crippen LogP contribution < -0.4 is 5.32 Å². The molecule has 96 valence electrons. The highest BCUT2D eigenvalue weighted by Crippen LogP contribution is 2.08. The molecule has 3 aromatic rings. The molecule has 0 aliphatic carbocycles. The maximum Gasteiger partial charge on any atom is 0.0937 e. The standard InChI is InChI=1S/C14H14N4S/c1-2-4-13-12(3-1)17-10-11(18-13)9-15-6-5-14-16-7-8-19-14/h1-4,7-8,10,15H,5-6,9H2. The normalized spacial score (nSPS) is 10.9. The number of nitrogens with zero attached hydrogens (tertiary/aromatic N) is 3. The summed E-state index contributed by atoms with van der Waals surface area (Å²) in [7, 11) is 0. The number of aromatic nitrogens is 3. The predicted octanol–water partition coefficient (Wildman–Crippen LogP) is 2.42. The van der Waals surface area contributed by atoms with E-state index in [0.717, 1.165) is 41.2 Å². The van der Waals surface area contributed by atoms with Gasteiger partial charge >= 0.3 is 0 Å². The van der Waals surface area contributed by atoms with Gasteiger partial charge in [-0.05, 0) is 12.1 Å². The first-order valence-electron chi connectivity index (χ1n) is 6.21. The fourth-order valence-electron chi connectivity index (χ4n) is 1.87. The van der Waals surface area contributed by atoms with Crippen molar-refractivity contribution in [3.05, 3.63) is 52.7 Å². The lowest BCUT2D eigenvalue weighted by Gasteiger charge is -2.04. The minimum Gasteiger partial charge on any atom is -0.311 e. The van der Waals surface area contributed by atoms with Crippen molar-refractivity contribution in [3.63, 3.8) is 0 Å². The summed E-state index contributed by atoms with van der Waals surface area (Å²) in [5, 5.41) is 6.54. The first kappa shape index (κ1) is 12.2. The van der Waals surface area contributed by atoms with Gasteiger partial charge in [-0.25, -0.2) is 9.97 Å². The fourth-order valence-corrected chi connectivity index (χ4v) is 2.49. The number of thiazole rings is 1. The van der Waals surface area contributed by atoms with E-state index in [1.54, 1.807) is 11.3 Å². The maximum atomic E-state index is 4.57. The van der Waals surface area contributed by atoms with Gasteiger partial charge in [-0.15, -0.1) is 11.3 Å². The highest BCUT2D eigenvalue weighted by molar-refractivity contribution is 7.09. The quantitative estimate of drug-likeness (QED) is 0.723. The van der Waals surface area contributed by atoms with Gasteiger partial charge < -0.3 is 5.32 Å². The molecule has 0 spiro atoms. The number of benzene rings is 1. The number of para-hydroxylation sites is 2. The Morgan fingerprint density at radius 3 is 2.84 bits per heavy atom. The minimum absolute atomic E-state index is 0.739. The summed E-state index contributed by atoms with van der Waals surface area (Å²) < 4.78 is 0. The average molecular weight is 270 g/mol. The van der Waals surface area contributed by atoms with Gasteiger partial charge in [0.25, 0.3) is 0 Å². The predicted molar refractivity (Wildman–Crippen MR) is 77.1 cm³/mol. The van der Waals surface area contributed by atoms with Crippen LogP contribution >= 0.6 is 11.3 Å². The van der Waals surface area contributed by atoms with E-state index in [1.165, 1.54) is 0 Å². The molecule has 1 aromatic carbocycles. The summed E-state index contributed by atoms with van der Waals surface area (Å²) in [6.07, 6.45) is 4.63. The first-order valence-corrected chi connectivity index (χ1v) is 7.09. The van der Waals surface area contributed by atoms with Crippen LogP contribution in [0.3, 0.4) is 0 Å². The van der Waals surface area contributed by atoms with Crippen molar-refractivity contribution in [2.24, 2.45) is 0 Å². The third-order valence-corrected chi connectivity index (χ3v) is 3.64. The molecular formula is C14H14N4S. The van der Waals surface area contributed by atoms with Crippen molar-refractivity contribution in [2.75, 3.05) is 6.54 Å². The largest absolute Gasteiger partial charge is 0.311 e. The van der Waals surface area contributed by atoms with Crippen LogP contribution in [0.5, 0.6) is 0 Å². The smallest absolute Gasteiger partial charge is 0.0937 e. The van der Waals surface area contributed by atoms with Gasteiger partial charge in [0.1, 0.15) is 0 Å². The lowest BCUT2D eigenvalue weighted by Crippen LogP contribution is -2.17. The molecule has 19 heavy (non-hydrogen) atoms. The van der Waals surface area contributed by atoms with Crippen LogP contribution in [0.1, 0.15) is 10.7 Å². The molecule has 2 heterocycles. The molecule has 2 aromatic heterocycles. The molecule has 0 atom stereocenters. The summed E-state index contributed by atoms with van der Waals surface area (Å²) in [5.74, 6) is 0. The Hall–Kier alpha value is -1.85. The van der Waals surface area contributed by atoms with Crippen molar-refractivity contribution in [1.29, 1.82) is 0 Å². The Labute approximate surface area is 115 Å². The molecule has 0 unspecified atom stereocenters. The van der Waals surface area contributed by atoms with Crippen LogP contribution in [0.2, 0.25) is 0 Å². The third kappa shape index (κ3) is 3.13. The molecule has 0 saturated carbocycles. The van der Waals surface area contributed by atoms with Crippen LogP contribution in [0, 0.1) is 0 Å². The molecule has 0 amide bonds. The fraction of sp³-hybridized carbons (Fsp3) is 0.214. The molecule has 0 saturated heterocycles. The van der Waals surface area contributed by atoms with Gasteiger partial charge in [-0.2, -0.15) is 0 Å². The van der Waals surface area contributed by atoms with E-state index >= 15 is 0 Å². The molecule has 1 N–H and O–H groups in total. The van der Waals surface area contributed by atoms with Crippen LogP contribution in [-0.4, -0.2) is 21.5 Å². The zero-order valence-corrected chi connectivity index (χ0v) is 11.2. The second kappa shape index (κ2) is 5.86. The van der Waals surface area contributed by atoms with Gasteiger partial charge in [0.05, 0.1) is 27.9 Å². The Morgan fingerprint density at radius 1 is 1.11 bits per heavy atom. The average Bonchev–Trinajstić information content (AvgIpc) is 2.97. The maximum absolute atomic E-state index is 4.57. The van der Waals surface area contributed by atoms with E-state index in [-0.39, 0.29) is 0 Å². The highest BCUT2D eigenvalue weighted by Gasteiger charge is 1.99. The highest BCUT2D eigenvalue weighted by atomic mass is 32.1. The van der Waals surface area contributed by atoms with Crippen molar-refractivity contribution in [2.45, 2.75) is 13.0 Å². The Kier molecular flexibility index (Phi) is 3.76.